The lowest BCUT2D eigenvalue weighted by atomic mass is 10.1. The van der Waals surface area contributed by atoms with Crippen LogP contribution < -0.4 is 5.32 Å². The van der Waals surface area contributed by atoms with E-state index in [2.05, 4.69) is 24.4 Å². The van der Waals surface area contributed by atoms with Gasteiger partial charge in [0.15, 0.2) is 0 Å². The number of nitrogens with one attached hydrogen (secondary N) is 1. The molecule has 0 aliphatic carbocycles. The molecule has 0 bridgehead atoms. The summed E-state index contributed by atoms with van der Waals surface area (Å²) in [4.78, 5) is 11.5. The van der Waals surface area contributed by atoms with Crippen LogP contribution in [0.15, 0.2) is 12.2 Å². The number of hydrogen-bond donors (Lipinski definition) is 3. The van der Waals surface area contributed by atoms with Crippen molar-refractivity contribution in [3.63, 3.8) is 0 Å². The molecule has 148 valence electrons. The molecule has 0 aromatic heterocycles. The molecule has 0 saturated heterocycles. The van der Waals surface area contributed by atoms with Gasteiger partial charge in [0.25, 0.3) is 0 Å². The predicted molar refractivity (Wildman–Crippen MR) is 105 cm³/mol. The SMILES string of the molecule is CCCCCCCCC=CCCCCCCCC(=O)NC(O)(O)CC. The number of rotatable bonds is 17. The fraction of sp³-hybridized carbons (Fsp3) is 0.857. The topological polar surface area (TPSA) is 69.6 Å². The fourth-order valence-electron chi connectivity index (χ4n) is 2.73. The largest absolute Gasteiger partial charge is 0.349 e. The number of aliphatic hydroxyl groups is 2. The average molecular weight is 356 g/mol. The molecule has 0 aliphatic rings. The summed E-state index contributed by atoms with van der Waals surface area (Å²) >= 11 is 0. The van der Waals surface area contributed by atoms with Crippen molar-refractivity contribution in [3.8, 4) is 0 Å². The summed E-state index contributed by atoms with van der Waals surface area (Å²) in [5.74, 6) is -2.34. The smallest absolute Gasteiger partial charge is 0.246 e. The van der Waals surface area contributed by atoms with Crippen molar-refractivity contribution in [1.29, 1.82) is 0 Å². The molecule has 0 aliphatic heterocycles. The Morgan fingerprint density at radius 3 is 1.80 bits per heavy atom. The first kappa shape index (κ1) is 24.1. The Labute approximate surface area is 155 Å². The molecule has 0 radical (unpaired) electrons. The molecule has 0 saturated carbocycles. The minimum Gasteiger partial charge on any atom is -0.349 e. The van der Waals surface area contributed by atoms with E-state index < -0.39 is 5.91 Å². The number of carbonyl (C=O) groups excluding carboxylic acids is 1. The first-order valence-electron chi connectivity index (χ1n) is 10.4. The number of amides is 1. The Balaban J connectivity index is 3.30. The molecule has 0 aromatic carbocycles. The molecule has 3 N–H and O–H groups in total. The maximum atomic E-state index is 11.5. The Bertz CT molecular complexity index is 340. The summed E-state index contributed by atoms with van der Waals surface area (Å²) < 4.78 is 0. The Morgan fingerprint density at radius 2 is 1.28 bits per heavy atom. The molecule has 0 rings (SSSR count). The molecular weight excluding hydrogens is 314 g/mol. The first-order chi connectivity index (χ1) is 12.0. The van der Waals surface area contributed by atoms with Gasteiger partial charge in [0.05, 0.1) is 0 Å². The number of carbonyl (C=O) groups is 1. The van der Waals surface area contributed by atoms with Crippen molar-refractivity contribution in [3.05, 3.63) is 12.2 Å². The molecule has 0 spiro atoms. The zero-order valence-corrected chi connectivity index (χ0v) is 16.6. The lowest BCUT2D eigenvalue weighted by Crippen LogP contribution is -2.47. The van der Waals surface area contributed by atoms with Gasteiger partial charge < -0.3 is 15.5 Å². The van der Waals surface area contributed by atoms with Crippen molar-refractivity contribution < 1.29 is 15.0 Å². The zero-order chi connectivity index (χ0) is 18.8. The van der Waals surface area contributed by atoms with E-state index >= 15 is 0 Å². The van der Waals surface area contributed by atoms with Crippen molar-refractivity contribution in [2.75, 3.05) is 0 Å². The van der Waals surface area contributed by atoms with Gasteiger partial charge in [0.2, 0.25) is 11.8 Å². The Hall–Kier alpha value is -0.870. The van der Waals surface area contributed by atoms with Gasteiger partial charge >= 0.3 is 0 Å². The monoisotopic (exact) mass is 355 g/mol. The van der Waals surface area contributed by atoms with Gasteiger partial charge in [-0.25, -0.2) is 0 Å². The number of hydrogen-bond acceptors (Lipinski definition) is 3. The van der Waals surface area contributed by atoms with E-state index in [0.717, 1.165) is 25.7 Å². The predicted octanol–water partition coefficient (Wildman–Crippen LogP) is 5.19. The first-order valence-corrected chi connectivity index (χ1v) is 10.4. The van der Waals surface area contributed by atoms with Crippen molar-refractivity contribution >= 4 is 5.91 Å². The third-order valence-corrected chi connectivity index (χ3v) is 4.50. The molecule has 1 amide bonds. The van der Waals surface area contributed by atoms with E-state index in [1.807, 2.05) is 0 Å². The third kappa shape index (κ3) is 17.7. The summed E-state index contributed by atoms with van der Waals surface area (Å²) in [7, 11) is 0. The Morgan fingerprint density at radius 1 is 0.800 bits per heavy atom. The molecule has 4 heteroatoms. The summed E-state index contributed by atoms with van der Waals surface area (Å²) in [6.07, 6.45) is 21.0. The van der Waals surface area contributed by atoms with Crippen LogP contribution in [-0.2, 0) is 4.79 Å². The second kappa shape index (κ2) is 16.6. The van der Waals surface area contributed by atoms with E-state index in [0.29, 0.717) is 6.42 Å². The molecule has 4 nitrogen and oxygen atoms in total. The van der Waals surface area contributed by atoms with Crippen LogP contribution in [0.1, 0.15) is 110 Å². The van der Waals surface area contributed by atoms with Crippen LogP contribution in [0.3, 0.4) is 0 Å². The van der Waals surface area contributed by atoms with E-state index in [-0.39, 0.29) is 12.3 Å². The number of unbranched alkanes of at least 4 members (excludes halogenated alkanes) is 11. The van der Waals surface area contributed by atoms with Crippen LogP contribution in [0, 0.1) is 0 Å². The maximum absolute atomic E-state index is 11.5. The highest BCUT2D eigenvalue weighted by molar-refractivity contribution is 5.76. The van der Waals surface area contributed by atoms with E-state index in [1.165, 1.54) is 57.8 Å². The lowest BCUT2D eigenvalue weighted by molar-refractivity contribution is -0.191. The zero-order valence-electron chi connectivity index (χ0n) is 16.6. The van der Waals surface area contributed by atoms with E-state index in [4.69, 9.17) is 0 Å². The van der Waals surface area contributed by atoms with E-state index in [1.54, 1.807) is 6.92 Å². The van der Waals surface area contributed by atoms with Gasteiger partial charge in [-0.2, -0.15) is 0 Å². The van der Waals surface area contributed by atoms with Gasteiger partial charge in [0, 0.05) is 12.8 Å². The van der Waals surface area contributed by atoms with Crippen LogP contribution >= 0.6 is 0 Å². The van der Waals surface area contributed by atoms with Crippen LogP contribution in [-0.4, -0.2) is 22.0 Å². The van der Waals surface area contributed by atoms with Gasteiger partial charge in [0.1, 0.15) is 0 Å². The van der Waals surface area contributed by atoms with Crippen molar-refractivity contribution in [2.45, 2.75) is 116 Å². The fourth-order valence-corrected chi connectivity index (χ4v) is 2.73. The van der Waals surface area contributed by atoms with Crippen molar-refractivity contribution in [1.82, 2.24) is 5.32 Å². The molecule has 0 fully saturated rings. The van der Waals surface area contributed by atoms with E-state index in [9.17, 15) is 15.0 Å². The summed E-state index contributed by atoms with van der Waals surface area (Å²) in [5, 5.41) is 20.9. The molecule has 0 aromatic rings. The number of allylic oxidation sites excluding steroid dienone is 2. The minimum absolute atomic E-state index is 0.0884. The quantitative estimate of drug-likeness (QED) is 0.191. The normalized spacial score (nSPS) is 12.0. The van der Waals surface area contributed by atoms with Gasteiger partial charge in [-0.3, -0.25) is 4.79 Å². The second-order valence-corrected chi connectivity index (χ2v) is 7.05. The van der Waals surface area contributed by atoms with Crippen LogP contribution in [0.5, 0.6) is 0 Å². The van der Waals surface area contributed by atoms with Gasteiger partial charge in [-0.15, -0.1) is 0 Å². The molecule has 0 unspecified atom stereocenters. The van der Waals surface area contributed by atoms with Gasteiger partial charge in [-0.05, 0) is 32.1 Å². The lowest BCUT2D eigenvalue weighted by Gasteiger charge is -2.20. The van der Waals surface area contributed by atoms with Crippen LogP contribution in [0.4, 0.5) is 0 Å². The maximum Gasteiger partial charge on any atom is 0.246 e. The minimum atomic E-state index is -2.06. The molecule has 25 heavy (non-hydrogen) atoms. The van der Waals surface area contributed by atoms with Gasteiger partial charge in [-0.1, -0.05) is 77.4 Å². The second-order valence-electron chi connectivity index (χ2n) is 7.05. The van der Waals surface area contributed by atoms with Crippen LogP contribution in [0.2, 0.25) is 0 Å². The average Bonchev–Trinajstić information content (AvgIpc) is 2.58. The summed E-state index contributed by atoms with van der Waals surface area (Å²) in [6.45, 7) is 3.87. The van der Waals surface area contributed by atoms with Crippen LogP contribution in [0.25, 0.3) is 0 Å². The highest BCUT2D eigenvalue weighted by atomic mass is 16.5. The third-order valence-electron chi connectivity index (χ3n) is 4.50. The molecule has 0 atom stereocenters. The molecule has 0 heterocycles. The van der Waals surface area contributed by atoms with Crippen molar-refractivity contribution in [2.24, 2.45) is 0 Å². The summed E-state index contributed by atoms with van der Waals surface area (Å²) in [5.41, 5.74) is 0. The molecular formula is C21H41NO3. The Kier molecular flexibility index (Phi) is 16.0. The summed E-state index contributed by atoms with van der Waals surface area (Å²) in [6, 6.07) is 0. The highest BCUT2D eigenvalue weighted by Gasteiger charge is 2.21. The highest BCUT2D eigenvalue weighted by Crippen LogP contribution is 2.10. The standard InChI is InChI=1S/C21H41NO3/c1-3-5-6-7-8-9-10-11-12-13-14-15-16-17-18-19-20(23)22-21(24,25)4-2/h11-12,24-25H,3-10,13-19H2,1-2H3,(H,22,23).